The molecule has 0 bridgehead atoms. The first-order valence-corrected chi connectivity index (χ1v) is 6.51. The van der Waals surface area contributed by atoms with Crippen LogP contribution in [0.5, 0.6) is 11.5 Å². The van der Waals surface area contributed by atoms with Gasteiger partial charge in [0.1, 0.15) is 11.6 Å². The van der Waals surface area contributed by atoms with Gasteiger partial charge in [-0.3, -0.25) is 4.57 Å². The molecule has 2 heterocycles. The van der Waals surface area contributed by atoms with E-state index >= 15 is 0 Å². The fraction of sp³-hybridized carbons (Fsp3) is 0.0625. The Morgan fingerprint density at radius 3 is 2.81 bits per heavy atom. The number of fused-ring (bicyclic) bond motifs is 1. The average molecular weight is 282 g/mol. The summed E-state index contributed by atoms with van der Waals surface area (Å²) in [7, 11) is 0. The molecule has 4 nitrogen and oxygen atoms in total. The highest BCUT2D eigenvalue weighted by Gasteiger charge is 2.16. The number of imidazole rings is 1. The molecule has 0 amide bonds. The topological polar surface area (TPSA) is 36.3 Å². The summed E-state index contributed by atoms with van der Waals surface area (Å²) in [5.74, 6) is 1.64. The predicted octanol–water partition coefficient (Wildman–Crippen LogP) is 3.41. The van der Waals surface area contributed by atoms with Gasteiger partial charge in [0.25, 0.3) is 0 Å². The monoisotopic (exact) mass is 282 g/mol. The highest BCUT2D eigenvalue weighted by molar-refractivity contribution is 5.61. The van der Waals surface area contributed by atoms with E-state index in [9.17, 15) is 4.39 Å². The summed E-state index contributed by atoms with van der Waals surface area (Å²) in [6.45, 7) is 0.225. The molecule has 0 unspecified atom stereocenters. The van der Waals surface area contributed by atoms with Crippen LogP contribution < -0.4 is 9.47 Å². The third kappa shape index (κ3) is 1.94. The van der Waals surface area contributed by atoms with Gasteiger partial charge in [-0.1, -0.05) is 12.1 Å². The van der Waals surface area contributed by atoms with Gasteiger partial charge in [-0.2, -0.15) is 0 Å². The van der Waals surface area contributed by atoms with E-state index in [1.165, 1.54) is 6.07 Å². The highest BCUT2D eigenvalue weighted by atomic mass is 19.1. The summed E-state index contributed by atoms with van der Waals surface area (Å²) in [4.78, 5) is 4.27. The molecule has 0 saturated carbocycles. The van der Waals surface area contributed by atoms with Crippen LogP contribution in [0.1, 0.15) is 0 Å². The molecule has 0 aliphatic carbocycles. The van der Waals surface area contributed by atoms with Crippen LogP contribution in [0.2, 0.25) is 0 Å². The SMILES string of the molecule is Fc1ccccc1-c1nccn1-c1ccc2c(c1)OCO2. The molecular weight excluding hydrogens is 271 g/mol. The van der Waals surface area contributed by atoms with E-state index in [4.69, 9.17) is 9.47 Å². The summed E-state index contributed by atoms with van der Waals surface area (Å²) in [5, 5.41) is 0. The van der Waals surface area contributed by atoms with Crippen LogP contribution in [0.3, 0.4) is 0 Å². The smallest absolute Gasteiger partial charge is 0.231 e. The van der Waals surface area contributed by atoms with Gasteiger partial charge in [-0.05, 0) is 24.3 Å². The first-order valence-electron chi connectivity index (χ1n) is 6.51. The van der Waals surface area contributed by atoms with Crippen LogP contribution in [0.25, 0.3) is 17.1 Å². The summed E-state index contributed by atoms with van der Waals surface area (Å²) in [6, 6.07) is 12.2. The number of ether oxygens (including phenoxy) is 2. The predicted molar refractivity (Wildman–Crippen MR) is 75.1 cm³/mol. The lowest BCUT2D eigenvalue weighted by molar-refractivity contribution is 0.174. The Morgan fingerprint density at radius 1 is 1.05 bits per heavy atom. The summed E-state index contributed by atoms with van der Waals surface area (Å²) < 4.78 is 26.5. The lowest BCUT2D eigenvalue weighted by Crippen LogP contribution is -1.98. The molecule has 2 aromatic carbocycles. The molecule has 3 aromatic rings. The van der Waals surface area contributed by atoms with Gasteiger partial charge >= 0.3 is 0 Å². The number of halogens is 1. The van der Waals surface area contributed by atoms with Gasteiger partial charge < -0.3 is 9.47 Å². The molecule has 1 aliphatic rings. The molecule has 4 rings (SSSR count). The second kappa shape index (κ2) is 4.63. The van der Waals surface area contributed by atoms with Gasteiger partial charge in [-0.25, -0.2) is 9.37 Å². The van der Waals surface area contributed by atoms with E-state index in [1.807, 2.05) is 22.8 Å². The standard InChI is InChI=1S/C16H11FN2O2/c17-13-4-2-1-3-12(13)16-18-7-8-19(16)11-5-6-14-15(9-11)21-10-20-14/h1-9H,10H2. The normalized spacial score (nSPS) is 12.6. The Morgan fingerprint density at radius 2 is 1.90 bits per heavy atom. The fourth-order valence-corrected chi connectivity index (χ4v) is 2.39. The van der Waals surface area contributed by atoms with Crippen molar-refractivity contribution in [3.05, 3.63) is 60.7 Å². The van der Waals surface area contributed by atoms with Crippen molar-refractivity contribution >= 4 is 0 Å². The van der Waals surface area contributed by atoms with E-state index in [0.29, 0.717) is 22.9 Å². The molecule has 0 spiro atoms. The van der Waals surface area contributed by atoms with E-state index < -0.39 is 0 Å². The Bertz CT molecular complexity index is 814. The Labute approximate surface area is 120 Å². The molecule has 0 fully saturated rings. The second-order valence-corrected chi connectivity index (χ2v) is 4.64. The summed E-state index contributed by atoms with van der Waals surface area (Å²) >= 11 is 0. The largest absolute Gasteiger partial charge is 0.454 e. The zero-order valence-electron chi connectivity index (χ0n) is 11.0. The number of aromatic nitrogens is 2. The van der Waals surface area contributed by atoms with E-state index in [-0.39, 0.29) is 12.6 Å². The van der Waals surface area contributed by atoms with Crippen molar-refractivity contribution in [2.24, 2.45) is 0 Å². The van der Waals surface area contributed by atoms with Gasteiger partial charge in [0.2, 0.25) is 6.79 Å². The van der Waals surface area contributed by atoms with Crippen LogP contribution in [0.15, 0.2) is 54.9 Å². The number of hydrogen-bond donors (Lipinski definition) is 0. The van der Waals surface area contributed by atoms with Crippen molar-refractivity contribution in [3.8, 4) is 28.6 Å². The number of nitrogens with zero attached hydrogens (tertiary/aromatic N) is 2. The molecule has 0 N–H and O–H groups in total. The first-order chi connectivity index (χ1) is 10.3. The van der Waals surface area contributed by atoms with E-state index in [1.54, 1.807) is 30.6 Å². The van der Waals surface area contributed by atoms with Gasteiger partial charge in [0.05, 0.1) is 11.3 Å². The Hall–Kier alpha value is -2.82. The minimum atomic E-state index is -0.300. The van der Waals surface area contributed by atoms with Crippen LogP contribution in [0.4, 0.5) is 4.39 Å². The van der Waals surface area contributed by atoms with Crippen LogP contribution in [-0.2, 0) is 0 Å². The van der Waals surface area contributed by atoms with Crippen molar-refractivity contribution in [2.75, 3.05) is 6.79 Å². The van der Waals surface area contributed by atoms with Crippen LogP contribution in [-0.4, -0.2) is 16.3 Å². The molecule has 1 aliphatic heterocycles. The van der Waals surface area contributed by atoms with Crippen molar-refractivity contribution in [2.45, 2.75) is 0 Å². The van der Waals surface area contributed by atoms with Crippen LogP contribution >= 0.6 is 0 Å². The Kier molecular flexibility index (Phi) is 2.64. The van der Waals surface area contributed by atoms with Crippen molar-refractivity contribution in [1.82, 2.24) is 9.55 Å². The molecule has 0 radical (unpaired) electrons. The quantitative estimate of drug-likeness (QED) is 0.722. The lowest BCUT2D eigenvalue weighted by atomic mass is 10.2. The molecule has 104 valence electrons. The molecule has 21 heavy (non-hydrogen) atoms. The zero-order chi connectivity index (χ0) is 14.2. The van der Waals surface area contributed by atoms with Gasteiger partial charge in [0, 0.05) is 18.5 Å². The maximum absolute atomic E-state index is 14.0. The highest BCUT2D eigenvalue weighted by Crippen LogP contribution is 2.34. The maximum Gasteiger partial charge on any atom is 0.231 e. The van der Waals surface area contributed by atoms with E-state index in [0.717, 1.165) is 5.69 Å². The van der Waals surface area contributed by atoms with Crippen molar-refractivity contribution in [1.29, 1.82) is 0 Å². The fourth-order valence-electron chi connectivity index (χ4n) is 2.39. The minimum Gasteiger partial charge on any atom is -0.454 e. The average Bonchev–Trinajstić information content (AvgIpc) is 3.15. The minimum absolute atomic E-state index is 0.225. The molecule has 0 saturated heterocycles. The van der Waals surface area contributed by atoms with Crippen LogP contribution in [0, 0.1) is 5.82 Å². The number of benzene rings is 2. The lowest BCUT2D eigenvalue weighted by Gasteiger charge is -2.09. The van der Waals surface area contributed by atoms with Crippen molar-refractivity contribution in [3.63, 3.8) is 0 Å². The van der Waals surface area contributed by atoms with Gasteiger partial charge in [0.15, 0.2) is 11.5 Å². The Balaban J connectivity index is 1.84. The maximum atomic E-state index is 14.0. The van der Waals surface area contributed by atoms with E-state index in [2.05, 4.69) is 4.98 Å². The zero-order valence-corrected chi connectivity index (χ0v) is 11.0. The number of hydrogen-bond acceptors (Lipinski definition) is 3. The summed E-state index contributed by atoms with van der Waals surface area (Å²) in [6.07, 6.45) is 3.44. The molecule has 5 heteroatoms. The first kappa shape index (κ1) is 12.0. The third-order valence-corrected chi connectivity index (χ3v) is 3.39. The molecule has 1 aromatic heterocycles. The summed E-state index contributed by atoms with van der Waals surface area (Å²) in [5.41, 5.74) is 1.30. The van der Waals surface area contributed by atoms with Crippen molar-refractivity contribution < 1.29 is 13.9 Å². The third-order valence-electron chi connectivity index (χ3n) is 3.39. The molecular formula is C16H11FN2O2. The van der Waals surface area contributed by atoms with Gasteiger partial charge in [-0.15, -0.1) is 0 Å². The number of rotatable bonds is 2. The molecule has 0 atom stereocenters. The second-order valence-electron chi connectivity index (χ2n) is 4.64.